The molecule has 5 nitrogen and oxygen atoms in total. The summed E-state index contributed by atoms with van der Waals surface area (Å²) in [4.78, 5) is 15.5. The van der Waals surface area contributed by atoms with E-state index in [1.165, 1.54) is 16.2 Å². The molecule has 1 aromatic heterocycles. The van der Waals surface area contributed by atoms with E-state index in [0.717, 1.165) is 28.6 Å². The van der Waals surface area contributed by atoms with E-state index in [9.17, 15) is 13.2 Å². The lowest BCUT2D eigenvalue weighted by molar-refractivity contribution is -0.122. The van der Waals surface area contributed by atoms with Crippen molar-refractivity contribution in [2.24, 2.45) is 4.40 Å². The maximum absolute atomic E-state index is 12.6. The van der Waals surface area contributed by atoms with E-state index in [4.69, 9.17) is 0 Å². The molecule has 1 amide bonds. The molecule has 0 N–H and O–H groups in total. The summed E-state index contributed by atoms with van der Waals surface area (Å²) in [5.74, 6) is -0.221. The monoisotopic (exact) mass is 406 g/mol. The van der Waals surface area contributed by atoms with E-state index < -0.39 is 10.0 Å². The number of hydrogen-bond donors (Lipinski definition) is 0. The smallest absolute Gasteiger partial charge is 0.284 e. The lowest BCUT2D eigenvalue weighted by Gasteiger charge is -2.12. The van der Waals surface area contributed by atoms with E-state index in [-0.39, 0.29) is 16.0 Å². The molecular weight excluding hydrogens is 388 g/mol. The average Bonchev–Trinajstić information content (AvgIpc) is 3.23. The number of carbonyl (C=O) groups excluding carboxylic acids is 1. The fourth-order valence-corrected chi connectivity index (χ4v) is 5.38. The number of thiophene rings is 1. The number of thioether (sulfide) groups is 1. The molecule has 0 bridgehead atoms. The summed E-state index contributed by atoms with van der Waals surface area (Å²) in [6.07, 6.45) is 2.60. The van der Waals surface area contributed by atoms with E-state index in [1.54, 1.807) is 37.3 Å². The molecule has 2 heterocycles. The molecule has 26 heavy (non-hydrogen) atoms. The van der Waals surface area contributed by atoms with Gasteiger partial charge >= 0.3 is 0 Å². The first-order chi connectivity index (χ1) is 12.4. The van der Waals surface area contributed by atoms with Gasteiger partial charge in [0.1, 0.15) is 0 Å². The number of hydrogen-bond acceptors (Lipinski definition) is 5. The third-order valence-electron chi connectivity index (χ3n) is 3.85. The van der Waals surface area contributed by atoms with Crippen LogP contribution in [-0.4, -0.2) is 30.9 Å². The third-order valence-corrected chi connectivity index (χ3v) is 7.07. The van der Waals surface area contributed by atoms with Gasteiger partial charge in [0.15, 0.2) is 5.17 Å². The van der Waals surface area contributed by atoms with Gasteiger partial charge in [0.05, 0.1) is 9.80 Å². The number of aryl methyl sites for hydroxylation is 1. The van der Waals surface area contributed by atoms with Crippen LogP contribution in [0.3, 0.4) is 0 Å². The number of amidine groups is 1. The second-order valence-electron chi connectivity index (χ2n) is 5.52. The quantitative estimate of drug-likeness (QED) is 0.704. The van der Waals surface area contributed by atoms with Gasteiger partial charge in [0.2, 0.25) is 0 Å². The summed E-state index contributed by atoms with van der Waals surface area (Å²) >= 11 is 2.61. The van der Waals surface area contributed by atoms with Crippen molar-refractivity contribution in [3.63, 3.8) is 0 Å². The highest BCUT2D eigenvalue weighted by atomic mass is 32.2. The Kier molecular flexibility index (Phi) is 5.64. The van der Waals surface area contributed by atoms with Crippen molar-refractivity contribution in [2.45, 2.75) is 25.2 Å². The molecule has 0 aliphatic carbocycles. The van der Waals surface area contributed by atoms with Crippen molar-refractivity contribution >= 4 is 50.3 Å². The van der Waals surface area contributed by atoms with Gasteiger partial charge in [-0.3, -0.25) is 9.69 Å². The number of carbonyl (C=O) groups is 1. The van der Waals surface area contributed by atoms with Gasteiger partial charge in [-0.1, -0.05) is 25.1 Å². The number of benzene rings is 1. The molecule has 136 valence electrons. The second-order valence-corrected chi connectivity index (χ2v) is 9.11. The Morgan fingerprint density at radius 2 is 1.88 bits per heavy atom. The van der Waals surface area contributed by atoms with Crippen molar-refractivity contribution in [1.29, 1.82) is 0 Å². The highest BCUT2D eigenvalue weighted by Crippen LogP contribution is 2.34. The van der Waals surface area contributed by atoms with Gasteiger partial charge in [0, 0.05) is 11.4 Å². The standard InChI is InChI=1S/C18H18N2O3S3/c1-3-13-7-9-15(10-8-13)26(22,23)19-18-20(4-2)17(21)16(25-18)12-14-6-5-11-24-14/h5-12H,3-4H2,1-2H3/b16-12-,19-18?. The summed E-state index contributed by atoms with van der Waals surface area (Å²) in [7, 11) is -3.87. The molecule has 1 aliphatic heterocycles. The molecule has 0 atom stereocenters. The lowest BCUT2D eigenvalue weighted by Crippen LogP contribution is -2.29. The van der Waals surface area contributed by atoms with Crippen LogP contribution in [0.25, 0.3) is 6.08 Å². The van der Waals surface area contributed by atoms with E-state index >= 15 is 0 Å². The molecule has 1 aliphatic rings. The molecule has 0 spiro atoms. The molecule has 0 unspecified atom stereocenters. The van der Waals surface area contributed by atoms with Crippen LogP contribution < -0.4 is 0 Å². The van der Waals surface area contributed by atoms with Crippen LogP contribution in [0, 0.1) is 0 Å². The Balaban J connectivity index is 1.94. The van der Waals surface area contributed by atoms with Crippen molar-refractivity contribution in [3.8, 4) is 0 Å². The molecule has 1 aromatic carbocycles. The summed E-state index contributed by atoms with van der Waals surface area (Å²) in [5.41, 5.74) is 1.05. The zero-order valence-electron chi connectivity index (χ0n) is 14.4. The molecule has 0 saturated carbocycles. The van der Waals surface area contributed by atoms with Crippen LogP contribution in [0.15, 0.2) is 56.0 Å². The van der Waals surface area contributed by atoms with Crippen LogP contribution >= 0.6 is 23.1 Å². The normalized spacial score (nSPS) is 18.2. The number of nitrogens with zero attached hydrogens (tertiary/aromatic N) is 2. The molecule has 1 fully saturated rings. The highest BCUT2D eigenvalue weighted by molar-refractivity contribution is 8.19. The van der Waals surface area contributed by atoms with Crippen LogP contribution in [0.1, 0.15) is 24.3 Å². The van der Waals surface area contributed by atoms with Gasteiger partial charge in [-0.15, -0.1) is 15.7 Å². The fraction of sp³-hybridized carbons (Fsp3) is 0.222. The molecular formula is C18H18N2O3S3. The topological polar surface area (TPSA) is 66.8 Å². The van der Waals surface area contributed by atoms with Crippen molar-refractivity contribution < 1.29 is 13.2 Å². The Morgan fingerprint density at radius 3 is 2.46 bits per heavy atom. The van der Waals surface area contributed by atoms with Gasteiger partial charge < -0.3 is 0 Å². The van der Waals surface area contributed by atoms with Gasteiger partial charge in [-0.2, -0.15) is 8.42 Å². The number of amides is 1. The zero-order chi connectivity index (χ0) is 18.7. The summed E-state index contributed by atoms with van der Waals surface area (Å²) < 4.78 is 29.2. The first kappa shape index (κ1) is 18.9. The predicted molar refractivity (Wildman–Crippen MR) is 108 cm³/mol. The Hall–Kier alpha value is -1.90. The number of rotatable bonds is 5. The van der Waals surface area contributed by atoms with Gasteiger partial charge in [-0.25, -0.2) is 0 Å². The summed E-state index contributed by atoms with van der Waals surface area (Å²) in [6.45, 7) is 4.16. The minimum atomic E-state index is -3.87. The summed E-state index contributed by atoms with van der Waals surface area (Å²) in [5, 5.41) is 2.12. The fourth-order valence-electron chi connectivity index (χ4n) is 2.41. The van der Waals surface area contributed by atoms with E-state index in [2.05, 4.69) is 4.40 Å². The number of likely N-dealkylation sites (N-methyl/N-ethyl adjacent to an activating group) is 1. The second kappa shape index (κ2) is 7.77. The Morgan fingerprint density at radius 1 is 1.15 bits per heavy atom. The maximum Gasteiger partial charge on any atom is 0.284 e. The van der Waals surface area contributed by atoms with Crippen LogP contribution in [-0.2, 0) is 21.2 Å². The Labute approximate surface area is 161 Å². The highest BCUT2D eigenvalue weighted by Gasteiger charge is 2.34. The molecule has 1 saturated heterocycles. The maximum atomic E-state index is 12.6. The van der Waals surface area contributed by atoms with E-state index in [1.807, 2.05) is 24.4 Å². The summed E-state index contributed by atoms with van der Waals surface area (Å²) in [6, 6.07) is 10.5. The first-order valence-corrected chi connectivity index (χ1v) is 11.3. The predicted octanol–water partition coefficient (Wildman–Crippen LogP) is 3.99. The Bertz CT molecular complexity index is 960. The zero-order valence-corrected chi connectivity index (χ0v) is 16.8. The van der Waals surface area contributed by atoms with Crippen molar-refractivity contribution in [1.82, 2.24) is 4.90 Å². The molecule has 8 heteroatoms. The lowest BCUT2D eigenvalue weighted by atomic mass is 10.2. The minimum Gasteiger partial charge on any atom is -0.286 e. The molecule has 2 aromatic rings. The van der Waals surface area contributed by atoms with Crippen molar-refractivity contribution in [3.05, 3.63) is 57.1 Å². The van der Waals surface area contributed by atoms with Crippen LogP contribution in [0.5, 0.6) is 0 Å². The molecule has 0 radical (unpaired) electrons. The van der Waals surface area contributed by atoms with Gasteiger partial charge in [-0.05, 0) is 60.3 Å². The average molecular weight is 407 g/mol. The SMILES string of the molecule is CCc1ccc(S(=O)(=O)N=C2S/C(=C\c3cccs3)C(=O)N2CC)cc1. The third kappa shape index (κ3) is 3.92. The van der Waals surface area contributed by atoms with Crippen LogP contribution in [0.4, 0.5) is 0 Å². The van der Waals surface area contributed by atoms with Crippen molar-refractivity contribution in [2.75, 3.05) is 6.54 Å². The van der Waals surface area contributed by atoms with Gasteiger partial charge in [0.25, 0.3) is 15.9 Å². The molecule has 3 rings (SSSR count). The van der Waals surface area contributed by atoms with Crippen LogP contribution in [0.2, 0.25) is 0 Å². The van der Waals surface area contributed by atoms with E-state index in [0.29, 0.717) is 11.4 Å². The largest absolute Gasteiger partial charge is 0.286 e. The first-order valence-electron chi connectivity index (χ1n) is 8.13. The number of sulfonamides is 1. The minimum absolute atomic E-state index is 0.127.